The maximum absolute atomic E-state index is 13.1. The molecule has 1 aromatic carbocycles. The fourth-order valence-corrected chi connectivity index (χ4v) is 5.21. The van der Waals surface area contributed by atoms with Crippen molar-refractivity contribution in [2.75, 3.05) is 18.4 Å². The van der Waals surface area contributed by atoms with E-state index in [0.717, 1.165) is 5.56 Å². The van der Waals surface area contributed by atoms with Crippen LogP contribution >= 0.6 is 0 Å². The molecule has 28 heavy (non-hydrogen) atoms. The van der Waals surface area contributed by atoms with Crippen molar-refractivity contribution in [2.45, 2.75) is 63.3 Å². The molecule has 0 bridgehead atoms. The summed E-state index contributed by atoms with van der Waals surface area (Å²) >= 11 is 0. The van der Waals surface area contributed by atoms with Gasteiger partial charge in [0, 0.05) is 36.7 Å². The summed E-state index contributed by atoms with van der Waals surface area (Å²) in [6, 6.07) is 4.90. The van der Waals surface area contributed by atoms with Gasteiger partial charge in [-0.2, -0.15) is 4.31 Å². The summed E-state index contributed by atoms with van der Waals surface area (Å²) < 4.78 is 27.6. The second kappa shape index (κ2) is 7.83. The molecule has 2 aliphatic rings. The van der Waals surface area contributed by atoms with Crippen LogP contribution in [-0.4, -0.2) is 43.2 Å². The minimum Gasteiger partial charge on any atom is -0.351 e. The Balaban J connectivity index is 1.70. The van der Waals surface area contributed by atoms with E-state index in [0.29, 0.717) is 50.9 Å². The van der Waals surface area contributed by atoms with Crippen LogP contribution in [0.5, 0.6) is 0 Å². The zero-order valence-corrected chi connectivity index (χ0v) is 17.6. The van der Waals surface area contributed by atoms with Crippen LogP contribution in [0.4, 0.5) is 5.69 Å². The van der Waals surface area contributed by atoms with Gasteiger partial charge in [0.2, 0.25) is 21.8 Å². The number of nitrogens with zero attached hydrogens (tertiary/aromatic N) is 1. The molecule has 2 aliphatic heterocycles. The summed E-state index contributed by atoms with van der Waals surface area (Å²) in [7, 11) is -3.62. The number of anilines is 1. The lowest BCUT2D eigenvalue weighted by atomic mass is 9.96. The molecule has 0 aliphatic carbocycles. The standard InChI is InChI=1S/C20H29N3O4S/c1-20(2,3)22-19(25)14-9-11-23(12-10-14)28(26,27)16-7-8-17-15(13-16)5-4-6-18(24)21-17/h7-8,13-14H,4-6,9-12H2,1-3H3,(H,21,24)(H,22,25). The molecule has 0 unspecified atom stereocenters. The highest BCUT2D eigenvalue weighted by molar-refractivity contribution is 7.89. The Morgan fingerprint density at radius 3 is 2.50 bits per heavy atom. The van der Waals surface area contributed by atoms with Crippen LogP contribution < -0.4 is 10.6 Å². The Hall–Kier alpha value is -1.93. The van der Waals surface area contributed by atoms with E-state index >= 15 is 0 Å². The lowest BCUT2D eigenvalue weighted by Gasteiger charge is -2.32. The number of sulfonamides is 1. The van der Waals surface area contributed by atoms with Gasteiger partial charge in [-0.25, -0.2) is 8.42 Å². The molecule has 2 heterocycles. The van der Waals surface area contributed by atoms with Crippen molar-refractivity contribution in [1.82, 2.24) is 9.62 Å². The topological polar surface area (TPSA) is 95.6 Å². The number of carbonyl (C=O) groups is 2. The predicted molar refractivity (Wildman–Crippen MR) is 107 cm³/mol. The van der Waals surface area contributed by atoms with Crippen molar-refractivity contribution in [3.05, 3.63) is 23.8 Å². The van der Waals surface area contributed by atoms with Crippen molar-refractivity contribution in [1.29, 1.82) is 0 Å². The van der Waals surface area contributed by atoms with E-state index in [-0.39, 0.29) is 28.2 Å². The molecule has 0 saturated carbocycles. The van der Waals surface area contributed by atoms with Gasteiger partial charge in [-0.05, 0) is 70.2 Å². The Labute approximate surface area is 166 Å². The first-order valence-corrected chi connectivity index (χ1v) is 11.3. The predicted octanol–water partition coefficient (Wildman–Crippen LogP) is 2.28. The third kappa shape index (κ3) is 4.72. The number of piperidine rings is 1. The SMILES string of the molecule is CC(C)(C)NC(=O)C1CCN(S(=O)(=O)c2ccc3c(c2)CCCC(=O)N3)CC1. The van der Waals surface area contributed by atoms with Gasteiger partial charge in [0.1, 0.15) is 0 Å². The summed E-state index contributed by atoms with van der Waals surface area (Å²) in [6.07, 6.45) is 2.86. The van der Waals surface area contributed by atoms with Crippen molar-refractivity contribution in [3.63, 3.8) is 0 Å². The summed E-state index contributed by atoms with van der Waals surface area (Å²) in [5.74, 6) is -0.205. The maximum Gasteiger partial charge on any atom is 0.243 e. The first kappa shape index (κ1) is 20.8. The number of fused-ring (bicyclic) bond motifs is 1. The molecule has 0 atom stereocenters. The zero-order valence-electron chi connectivity index (χ0n) is 16.7. The monoisotopic (exact) mass is 407 g/mol. The van der Waals surface area contributed by atoms with E-state index in [1.54, 1.807) is 18.2 Å². The van der Waals surface area contributed by atoms with Crippen LogP contribution in [0.25, 0.3) is 0 Å². The number of hydrogen-bond acceptors (Lipinski definition) is 4. The molecule has 2 amide bonds. The van der Waals surface area contributed by atoms with Crippen LogP contribution in [-0.2, 0) is 26.0 Å². The molecule has 3 rings (SSSR count). The van der Waals surface area contributed by atoms with Crippen LogP contribution in [0.15, 0.2) is 23.1 Å². The molecular weight excluding hydrogens is 378 g/mol. The number of nitrogens with one attached hydrogen (secondary N) is 2. The Bertz CT molecular complexity index is 866. The lowest BCUT2D eigenvalue weighted by molar-refractivity contribution is -0.127. The zero-order chi connectivity index (χ0) is 20.5. The van der Waals surface area contributed by atoms with Gasteiger partial charge >= 0.3 is 0 Å². The first-order valence-electron chi connectivity index (χ1n) is 9.81. The molecule has 2 N–H and O–H groups in total. The van der Waals surface area contributed by atoms with Crippen molar-refractivity contribution >= 4 is 27.5 Å². The van der Waals surface area contributed by atoms with Gasteiger partial charge < -0.3 is 10.6 Å². The average molecular weight is 408 g/mol. The number of benzene rings is 1. The van der Waals surface area contributed by atoms with Crippen LogP contribution in [0.3, 0.4) is 0 Å². The minimum absolute atomic E-state index is 0.00896. The molecule has 1 saturated heterocycles. The number of aryl methyl sites for hydroxylation is 1. The van der Waals surface area contributed by atoms with Gasteiger partial charge in [-0.1, -0.05) is 0 Å². The molecule has 1 fully saturated rings. The van der Waals surface area contributed by atoms with Gasteiger partial charge in [0.25, 0.3) is 0 Å². The lowest BCUT2D eigenvalue weighted by Crippen LogP contribution is -2.47. The normalized spacial score (nSPS) is 19.5. The van der Waals surface area contributed by atoms with Gasteiger partial charge in [-0.3, -0.25) is 9.59 Å². The quantitative estimate of drug-likeness (QED) is 0.803. The number of amides is 2. The van der Waals surface area contributed by atoms with Gasteiger partial charge in [0.15, 0.2) is 0 Å². The second-order valence-electron chi connectivity index (χ2n) is 8.64. The fraction of sp³-hybridized carbons (Fsp3) is 0.600. The van der Waals surface area contributed by atoms with Crippen LogP contribution in [0.2, 0.25) is 0 Å². The minimum atomic E-state index is -3.62. The Kier molecular flexibility index (Phi) is 5.82. The summed E-state index contributed by atoms with van der Waals surface area (Å²) in [4.78, 5) is 24.3. The fourth-order valence-electron chi connectivity index (χ4n) is 3.69. The molecule has 0 radical (unpaired) electrons. The molecule has 7 nitrogen and oxygen atoms in total. The van der Waals surface area contributed by atoms with E-state index in [9.17, 15) is 18.0 Å². The third-order valence-electron chi connectivity index (χ3n) is 5.16. The summed E-state index contributed by atoms with van der Waals surface area (Å²) in [5, 5.41) is 5.80. The molecule has 1 aromatic rings. The second-order valence-corrected chi connectivity index (χ2v) is 10.6. The smallest absolute Gasteiger partial charge is 0.243 e. The van der Waals surface area contributed by atoms with E-state index in [2.05, 4.69) is 10.6 Å². The van der Waals surface area contributed by atoms with Crippen molar-refractivity contribution in [3.8, 4) is 0 Å². The highest BCUT2D eigenvalue weighted by Gasteiger charge is 2.33. The van der Waals surface area contributed by atoms with Crippen molar-refractivity contribution < 1.29 is 18.0 Å². The maximum atomic E-state index is 13.1. The van der Waals surface area contributed by atoms with Gasteiger partial charge in [-0.15, -0.1) is 0 Å². The van der Waals surface area contributed by atoms with Crippen LogP contribution in [0.1, 0.15) is 52.0 Å². The number of hydrogen-bond donors (Lipinski definition) is 2. The first-order chi connectivity index (χ1) is 13.1. The van der Waals surface area contributed by atoms with E-state index < -0.39 is 10.0 Å². The highest BCUT2D eigenvalue weighted by atomic mass is 32.2. The molecule has 154 valence electrons. The summed E-state index contributed by atoms with van der Waals surface area (Å²) in [6.45, 7) is 6.47. The molecule has 0 spiro atoms. The Morgan fingerprint density at radius 2 is 1.86 bits per heavy atom. The van der Waals surface area contributed by atoms with E-state index in [4.69, 9.17) is 0 Å². The third-order valence-corrected chi connectivity index (χ3v) is 7.06. The molecular formula is C20H29N3O4S. The highest BCUT2D eigenvalue weighted by Crippen LogP contribution is 2.29. The summed E-state index contributed by atoms with van der Waals surface area (Å²) in [5.41, 5.74) is 1.25. The van der Waals surface area contributed by atoms with Gasteiger partial charge in [0.05, 0.1) is 4.90 Å². The Morgan fingerprint density at radius 1 is 1.18 bits per heavy atom. The molecule has 8 heteroatoms. The number of carbonyl (C=O) groups excluding carboxylic acids is 2. The molecule has 0 aromatic heterocycles. The van der Waals surface area contributed by atoms with Crippen molar-refractivity contribution in [2.24, 2.45) is 5.92 Å². The van der Waals surface area contributed by atoms with Crippen LogP contribution in [0, 0.1) is 5.92 Å². The van der Waals surface area contributed by atoms with E-state index in [1.165, 1.54) is 4.31 Å². The average Bonchev–Trinajstić information content (AvgIpc) is 2.80. The largest absolute Gasteiger partial charge is 0.351 e. The number of rotatable bonds is 3. The van der Waals surface area contributed by atoms with E-state index in [1.807, 2.05) is 20.8 Å².